The molecule has 1 aromatic carbocycles. The lowest BCUT2D eigenvalue weighted by Gasteiger charge is -2.20. The molecule has 11 heteroatoms. The third-order valence-corrected chi connectivity index (χ3v) is 6.64. The first-order chi connectivity index (χ1) is 17.8. The molecule has 1 aliphatic rings. The Morgan fingerprint density at radius 1 is 1.18 bits per heavy atom. The average Bonchev–Trinajstić information content (AvgIpc) is 3.31. The SMILES string of the molecule is CC(C)(N)CCC(=O)c1nc(-c2nn(Cc3ccccc3F)c3ncc(F)cc23)nc2c1C(C)(C)C(=O)N2. The number of hydrogen-bond acceptors (Lipinski definition) is 7. The van der Waals surface area contributed by atoms with Crippen LogP contribution < -0.4 is 11.1 Å². The van der Waals surface area contributed by atoms with E-state index in [1.807, 2.05) is 13.8 Å². The summed E-state index contributed by atoms with van der Waals surface area (Å²) < 4.78 is 30.1. The lowest BCUT2D eigenvalue weighted by molar-refractivity contribution is -0.119. The van der Waals surface area contributed by atoms with E-state index in [4.69, 9.17) is 5.73 Å². The second-order valence-corrected chi connectivity index (χ2v) is 10.7. The Balaban J connectivity index is 1.68. The van der Waals surface area contributed by atoms with Gasteiger partial charge in [0.05, 0.1) is 23.5 Å². The van der Waals surface area contributed by atoms with Gasteiger partial charge >= 0.3 is 0 Å². The van der Waals surface area contributed by atoms with Gasteiger partial charge < -0.3 is 11.1 Å². The van der Waals surface area contributed by atoms with Crippen molar-refractivity contribution in [2.24, 2.45) is 5.73 Å². The normalized spacial score (nSPS) is 14.6. The molecule has 1 amide bonds. The fourth-order valence-corrected chi connectivity index (χ4v) is 4.48. The third kappa shape index (κ3) is 4.53. The van der Waals surface area contributed by atoms with Crippen molar-refractivity contribution in [3.63, 3.8) is 0 Å². The first kappa shape index (κ1) is 25.5. The molecule has 38 heavy (non-hydrogen) atoms. The highest BCUT2D eigenvalue weighted by Crippen LogP contribution is 2.40. The summed E-state index contributed by atoms with van der Waals surface area (Å²) >= 11 is 0. The Labute approximate surface area is 217 Å². The van der Waals surface area contributed by atoms with E-state index in [2.05, 4.69) is 25.4 Å². The molecule has 0 saturated heterocycles. The van der Waals surface area contributed by atoms with E-state index in [0.717, 1.165) is 6.20 Å². The van der Waals surface area contributed by atoms with E-state index in [1.54, 1.807) is 32.0 Å². The van der Waals surface area contributed by atoms with Crippen molar-refractivity contribution in [1.82, 2.24) is 24.7 Å². The Morgan fingerprint density at radius 2 is 1.92 bits per heavy atom. The van der Waals surface area contributed by atoms with Crippen LogP contribution in [0.3, 0.4) is 0 Å². The van der Waals surface area contributed by atoms with E-state index in [9.17, 15) is 18.4 Å². The summed E-state index contributed by atoms with van der Waals surface area (Å²) in [7, 11) is 0. The number of Topliss-reactive ketones (excluding diaryl/α,β-unsaturated/α-hetero) is 1. The molecule has 5 rings (SSSR count). The number of amides is 1. The molecular formula is C27H27F2N7O2. The number of fused-ring (bicyclic) bond motifs is 2. The van der Waals surface area contributed by atoms with Gasteiger partial charge in [-0.3, -0.25) is 9.59 Å². The fourth-order valence-electron chi connectivity index (χ4n) is 4.48. The summed E-state index contributed by atoms with van der Waals surface area (Å²) in [6.45, 7) is 7.05. The lowest BCUT2D eigenvalue weighted by atomic mass is 9.84. The minimum atomic E-state index is -1.04. The highest BCUT2D eigenvalue weighted by atomic mass is 19.1. The maximum atomic E-state index is 14.4. The monoisotopic (exact) mass is 519 g/mol. The maximum Gasteiger partial charge on any atom is 0.235 e. The summed E-state index contributed by atoms with van der Waals surface area (Å²) in [5.41, 5.74) is 5.74. The van der Waals surface area contributed by atoms with Gasteiger partial charge in [-0.05, 0) is 46.2 Å². The zero-order valence-electron chi connectivity index (χ0n) is 21.5. The Kier molecular flexibility index (Phi) is 6.06. The molecule has 0 aliphatic carbocycles. The molecule has 196 valence electrons. The molecule has 3 N–H and O–H groups in total. The van der Waals surface area contributed by atoms with Gasteiger partial charge in [0.25, 0.3) is 0 Å². The number of carbonyl (C=O) groups is 2. The van der Waals surface area contributed by atoms with Gasteiger partial charge in [0.2, 0.25) is 5.91 Å². The molecular weight excluding hydrogens is 492 g/mol. The van der Waals surface area contributed by atoms with E-state index >= 15 is 0 Å². The molecule has 0 unspecified atom stereocenters. The van der Waals surface area contributed by atoms with Crippen LogP contribution in [-0.4, -0.2) is 42.0 Å². The number of anilines is 1. The molecule has 0 bridgehead atoms. The standard InChI is InChI=1S/C27H27F2N7O2/c1-26(2,30)10-9-18(37)21-19-22(34-25(38)27(19,3)4)33-23(32-21)20-16-11-15(28)12-31-24(16)36(35-20)13-14-7-5-6-8-17(14)29/h5-8,11-12H,9-10,13,30H2,1-4H3,(H,32,33,34,38). The Morgan fingerprint density at radius 3 is 2.63 bits per heavy atom. The van der Waals surface area contributed by atoms with Crippen LogP contribution in [0.15, 0.2) is 36.5 Å². The van der Waals surface area contributed by atoms with Gasteiger partial charge in [-0.25, -0.2) is 28.4 Å². The van der Waals surface area contributed by atoms with Crippen LogP contribution in [0.4, 0.5) is 14.6 Å². The molecule has 0 atom stereocenters. The highest BCUT2D eigenvalue weighted by Gasteiger charge is 2.44. The number of ketones is 1. The van der Waals surface area contributed by atoms with Crippen LogP contribution in [-0.2, 0) is 16.8 Å². The minimum Gasteiger partial charge on any atom is -0.326 e. The molecule has 0 saturated carbocycles. The smallest absolute Gasteiger partial charge is 0.235 e. The van der Waals surface area contributed by atoms with Crippen molar-refractivity contribution in [3.05, 3.63) is 65.0 Å². The summed E-state index contributed by atoms with van der Waals surface area (Å²) in [4.78, 5) is 39.4. The van der Waals surface area contributed by atoms with Crippen molar-refractivity contribution >= 4 is 28.5 Å². The van der Waals surface area contributed by atoms with Gasteiger partial charge in [-0.2, -0.15) is 5.10 Å². The highest BCUT2D eigenvalue weighted by molar-refractivity contribution is 6.09. The first-order valence-corrected chi connectivity index (χ1v) is 12.2. The number of carbonyl (C=O) groups excluding carboxylic acids is 2. The molecule has 4 heterocycles. The van der Waals surface area contributed by atoms with E-state index in [1.165, 1.54) is 16.8 Å². The third-order valence-electron chi connectivity index (χ3n) is 6.64. The van der Waals surface area contributed by atoms with Crippen molar-refractivity contribution < 1.29 is 18.4 Å². The summed E-state index contributed by atoms with van der Waals surface area (Å²) in [5.74, 6) is -1.44. The Bertz CT molecular complexity index is 1610. The van der Waals surface area contributed by atoms with E-state index < -0.39 is 22.6 Å². The van der Waals surface area contributed by atoms with Crippen LogP contribution in [0.25, 0.3) is 22.6 Å². The number of aromatic nitrogens is 5. The molecule has 3 aromatic heterocycles. The molecule has 0 spiro atoms. The lowest BCUT2D eigenvalue weighted by Crippen LogP contribution is -2.33. The zero-order valence-corrected chi connectivity index (χ0v) is 21.5. The van der Waals surface area contributed by atoms with Crippen molar-refractivity contribution in [2.75, 3.05) is 5.32 Å². The number of halogens is 2. The van der Waals surface area contributed by atoms with Crippen LogP contribution in [0.2, 0.25) is 0 Å². The average molecular weight is 520 g/mol. The van der Waals surface area contributed by atoms with Gasteiger partial charge in [-0.1, -0.05) is 18.2 Å². The van der Waals surface area contributed by atoms with Crippen molar-refractivity contribution in [3.8, 4) is 11.5 Å². The number of nitrogens with zero attached hydrogens (tertiary/aromatic N) is 5. The molecule has 0 fully saturated rings. The first-order valence-electron chi connectivity index (χ1n) is 12.2. The molecule has 1 aliphatic heterocycles. The number of pyridine rings is 1. The van der Waals surface area contributed by atoms with Crippen molar-refractivity contribution in [2.45, 2.75) is 58.0 Å². The van der Waals surface area contributed by atoms with Gasteiger partial charge in [-0.15, -0.1) is 0 Å². The number of nitrogens with two attached hydrogens (primary N) is 1. The molecule has 9 nitrogen and oxygen atoms in total. The predicted molar refractivity (Wildman–Crippen MR) is 138 cm³/mol. The summed E-state index contributed by atoms with van der Waals surface area (Å²) in [6.07, 6.45) is 1.55. The second-order valence-electron chi connectivity index (χ2n) is 10.7. The van der Waals surface area contributed by atoms with Gasteiger partial charge in [0, 0.05) is 23.1 Å². The van der Waals surface area contributed by atoms with Crippen LogP contribution >= 0.6 is 0 Å². The zero-order chi connectivity index (χ0) is 27.4. The maximum absolute atomic E-state index is 14.4. The van der Waals surface area contributed by atoms with Crippen molar-refractivity contribution in [1.29, 1.82) is 0 Å². The Hall–Kier alpha value is -4.12. The number of nitrogens with one attached hydrogen (secondary N) is 1. The predicted octanol–water partition coefficient (Wildman–Crippen LogP) is 4.14. The largest absolute Gasteiger partial charge is 0.326 e. The molecule has 0 radical (unpaired) electrons. The minimum absolute atomic E-state index is 0.0155. The summed E-state index contributed by atoms with van der Waals surface area (Å²) in [5, 5.41) is 7.58. The van der Waals surface area contributed by atoms with E-state index in [0.29, 0.717) is 17.5 Å². The topological polar surface area (TPSA) is 129 Å². The number of rotatable bonds is 7. The van der Waals surface area contributed by atoms with Crippen LogP contribution in [0.1, 0.15) is 62.2 Å². The van der Waals surface area contributed by atoms with Crippen LogP contribution in [0.5, 0.6) is 0 Å². The van der Waals surface area contributed by atoms with E-state index in [-0.39, 0.29) is 58.7 Å². The molecule has 4 aromatic rings. The number of hydrogen-bond donors (Lipinski definition) is 2. The fraction of sp³-hybridized carbons (Fsp3) is 0.333. The summed E-state index contributed by atoms with van der Waals surface area (Å²) in [6, 6.07) is 7.47. The van der Waals surface area contributed by atoms with Gasteiger partial charge in [0.15, 0.2) is 17.3 Å². The number of benzene rings is 1. The second kappa shape index (κ2) is 9.02. The van der Waals surface area contributed by atoms with Gasteiger partial charge in [0.1, 0.15) is 28.8 Å². The van der Waals surface area contributed by atoms with Crippen LogP contribution in [0, 0.1) is 11.6 Å². The quantitative estimate of drug-likeness (QED) is 0.351.